The summed E-state index contributed by atoms with van der Waals surface area (Å²) in [5.41, 5.74) is 17.9. The minimum Gasteiger partial charge on any atom is -0.508 e. The van der Waals surface area contributed by atoms with Crippen LogP contribution >= 0.6 is 11.8 Å². The lowest BCUT2D eigenvalue weighted by Gasteiger charge is -2.24. The van der Waals surface area contributed by atoms with E-state index < -0.39 is 126 Å². The number of benzene rings is 2. The van der Waals surface area contributed by atoms with E-state index in [9.17, 15) is 77.3 Å². The number of nitrogens with one attached hydrogen (secondary N) is 8. The van der Waals surface area contributed by atoms with Crippen molar-refractivity contribution in [1.29, 1.82) is 0 Å². The number of rotatable bonds is 36. The average molecular weight is 1280 g/mol. The van der Waals surface area contributed by atoms with Crippen molar-refractivity contribution in [3.63, 3.8) is 0 Å². The first-order chi connectivity index (χ1) is 42.9. The highest BCUT2D eigenvalue weighted by Gasteiger charge is 2.40. The van der Waals surface area contributed by atoms with Crippen LogP contribution in [0, 0.1) is 5.92 Å². The van der Waals surface area contributed by atoms with E-state index >= 15 is 0 Å². The molecule has 492 valence electrons. The number of guanidine groups is 1. The van der Waals surface area contributed by atoms with Gasteiger partial charge in [0, 0.05) is 83.3 Å². The number of nitrogens with zero attached hydrogens (tertiary/aromatic N) is 2. The molecule has 0 spiro atoms. The molecule has 90 heavy (non-hydrogen) atoms. The number of nitrogens with two attached hydrogens (primary N) is 3. The number of aliphatic imine (C=N–C) groups is 1. The number of thioether (sulfide) groups is 1. The number of hydrogen-bond donors (Lipinski definition) is 13. The van der Waals surface area contributed by atoms with Crippen LogP contribution < -0.4 is 59.7 Å². The van der Waals surface area contributed by atoms with E-state index in [0.29, 0.717) is 37.7 Å². The van der Waals surface area contributed by atoms with E-state index in [-0.39, 0.29) is 138 Å². The monoisotopic (exact) mass is 1280 g/mol. The van der Waals surface area contributed by atoms with Gasteiger partial charge in [-0.25, -0.2) is 0 Å². The van der Waals surface area contributed by atoms with E-state index in [0.717, 1.165) is 22.2 Å². The summed E-state index contributed by atoms with van der Waals surface area (Å²) < 4.78 is 0. The van der Waals surface area contributed by atoms with Gasteiger partial charge in [-0.05, 0) is 81.0 Å². The number of aromatic hydroxyl groups is 1. The van der Waals surface area contributed by atoms with Crippen molar-refractivity contribution in [1.82, 2.24) is 47.4 Å². The number of carboxylic acids is 1. The summed E-state index contributed by atoms with van der Waals surface area (Å²) in [5, 5.41) is 38.9. The fourth-order valence-electron chi connectivity index (χ4n) is 9.82. The molecule has 7 atom stereocenters. The quantitative estimate of drug-likeness (QED) is 0.0163. The predicted molar refractivity (Wildman–Crippen MR) is 329 cm³/mol. The standard InChI is InChI=1S/C60H85N13O16S/c1-64-48(77)19-11-20-51(80)68-41(30-37-21-23-39(74)24-22-37)45(75)17-7-2-3-8-18-50(79)70-44(55(61)85)35-90-47-33-53(82)73(59(47)89)28-25-49(78)65-26-10-9-15-38-31-46(76)42(29-36-13-5-4-6-14-36)72-58(88)43(32-54(83)84)69-52(81)34-67-57(87)40(71-56(38)86)16-12-27-66-60(62)63/h4-6,13-14,21-24,38,40-44,47,74H,2-3,7-12,15-20,25-35H2,1H3,(H2,61,85)(H,64,77)(H,65,78)(H,67,87)(H,68,80)(H,69,81)(H,70,79)(H,71,86)(H,72,88)(H,83,84)(H4,62,63,66)/t38?,40-,41-,42+,43+,44-,47?/m0/s1. The van der Waals surface area contributed by atoms with Crippen molar-refractivity contribution in [3.8, 4) is 5.75 Å². The summed E-state index contributed by atoms with van der Waals surface area (Å²) in [6.07, 6.45) is 1.86. The molecule has 0 aliphatic carbocycles. The molecule has 2 heterocycles. The zero-order valence-electron chi connectivity index (χ0n) is 50.6. The maximum Gasteiger partial charge on any atom is 0.305 e. The van der Waals surface area contributed by atoms with Crippen molar-refractivity contribution >= 4 is 100 Å². The number of phenolic OH excluding ortho intramolecular Hbond substituents is 1. The molecule has 2 aliphatic heterocycles. The molecule has 29 nitrogen and oxygen atoms in total. The van der Waals surface area contributed by atoms with Crippen LogP contribution in [0.25, 0.3) is 0 Å². The fourth-order valence-corrected chi connectivity index (χ4v) is 11.0. The van der Waals surface area contributed by atoms with Crippen LogP contribution in [0.4, 0.5) is 0 Å². The Morgan fingerprint density at radius 3 is 1.99 bits per heavy atom. The number of carbonyl (C=O) groups excluding carboxylic acids is 13. The van der Waals surface area contributed by atoms with Crippen LogP contribution in [-0.2, 0) is 80.0 Å². The number of carbonyl (C=O) groups is 14. The minimum absolute atomic E-state index is 0.00626. The van der Waals surface area contributed by atoms with Crippen molar-refractivity contribution in [2.24, 2.45) is 28.1 Å². The highest BCUT2D eigenvalue weighted by atomic mass is 32.2. The first kappa shape index (κ1) is 73.5. The smallest absolute Gasteiger partial charge is 0.305 e. The summed E-state index contributed by atoms with van der Waals surface area (Å²) in [6.45, 7) is -0.787. The van der Waals surface area contributed by atoms with E-state index in [1.807, 2.05) is 0 Å². The van der Waals surface area contributed by atoms with Crippen molar-refractivity contribution < 1.29 is 77.3 Å². The molecular weight excluding hydrogens is 1190 g/mol. The molecule has 2 aliphatic rings. The Hall–Kier alpha value is -8.96. The maximum atomic E-state index is 14.2. The number of amides is 11. The number of carboxylic acid groups (broad SMARTS) is 1. The van der Waals surface area contributed by atoms with E-state index in [4.69, 9.17) is 17.2 Å². The molecule has 4 rings (SSSR count). The molecule has 2 fully saturated rings. The van der Waals surface area contributed by atoms with Gasteiger partial charge in [0.15, 0.2) is 17.5 Å². The molecule has 2 saturated heterocycles. The minimum atomic E-state index is -1.64. The third-order valence-corrected chi connectivity index (χ3v) is 16.1. The lowest BCUT2D eigenvalue weighted by Crippen LogP contribution is -2.54. The summed E-state index contributed by atoms with van der Waals surface area (Å²) in [5.74, 6) is -10.5. The number of aliphatic carboxylic acids is 1. The number of ketones is 2. The van der Waals surface area contributed by atoms with Crippen LogP contribution in [0.5, 0.6) is 5.75 Å². The molecule has 0 saturated carbocycles. The van der Waals surface area contributed by atoms with Gasteiger partial charge in [-0.1, -0.05) is 61.7 Å². The van der Waals surface area contributed by atoms with Gasteiger partial charge >= 0.3 is 5.97 Å². The highest BCUT2D eigenvalue weighted by Crippen LogP contribution is 2.26. The Kier molecular flexibility index (Phi) is 32.0. The van der Waals surface area contributed by atoms with Crippen LogP contribution in [0.2, 0.25) is 0 Å². The van der Waals surface area contributed by atoms with Crippen molar-refractivity contribution in [3.05, 3.63) is 65.7 Å². The predicted octanol–water partition coefficient (Wildman–Crippen LogP) is -1.32. The molecule has 2 unspecified atom stereocenters. The first-order valence-electron chi connectivity index (χ1n) is 30.1. The third kappa shape index (κ3) is 27.6. The summed E-state index contributed by atoms with van der Waals surface area (Å²) in [6, 6.07) is 8.68. The van der Waals surface area contributed by atoms with Crippen LogP contribution in [0.3, 0.4) is 0 Å². The van der Waals surface area contributed by atoms with Gasteiger partial charge in [0.1, 0.15) is 23.9 Å². The lowest BCUT2D eigenvalue weighted by atomic mass is 9.90. The van der Waals surface area contributed by atoms with Crippen molar-refractivity contribution in [2.75, 3.05) is 39.0 Å². The molecule has 11 amide bonds. The highest BCUT2D eigenvalue weighted by molar-refractivity contribution is 8.00. The number of likely N-dealkylation sites (tertiary alicyclic amines) is 1. The topological polar surface area (TPSA) is 469 Å². The van der Waals surface area contributed by atoms with E-state index in [1.54, 1.807) is 42.5 Å². The van der Waals surface area contributed by atoms with Crippen LogP contribution in [0.15, 0.2) is 59.6 Å². The Bertz CT molecular complexity index is 2880. The Balaban J connectivity index is 1.25. The Morgan fingerprint density at radius 2 is 1.32 bits per heavy atom. The molecule has 0 radical (unpaired) electrons. The summed E-state index contributed by atoms with van der Waals surface area (Å²) in [4.78, 5) is 187. The number of hydrogen-bond acceptors (Lipinski definition) is 17. The molecule has 2 aromatic carbocycles. The molecule has 30 heteroatoms. The molecule has 16 N–H and O–H groups in total. The SMILES string of the molecule is CNC(=O)CCCC(=O)N[C@@H](Cc1ccc(O)cc1)C(=O)CCCCCCC(=O)N[C@@H](CSC1CC(=O)N(CCC(=O)NCCCCC2CC(=O)[C@@H](Cc3ccccc3)NC(=O)[C@@H](CC(=O)O)NC(=O)CNC(=O)[C@H](CCCN=C(N)N)NC2=O)C1=O)C(N)=O. The zero-order valence-corrected chi connectivity index (χ0v) is 51.4. The van der Waals surface area contributed by atoms with Gasteiger partial charge in [0.25, 0.3) is 0 Å². The van der Waals surface area contributed by atoms with Gasteiger partial charge in [0.2, 0.25) is 65.0 Å². The first-order valence-corrected chi connectivity index (χ1v) is 31.1. The van der Waals surface area contributed by atoms with E-state index in [1.165, 1.54) is 19.2 Å². The number of imide groups is 1. The van der Waals surface area contributed by atoms with Gasteiger partial charge in [0.05, 0.1) is 30.3 Å². The largest absolute Gasteiger partial charge is 0.508 e. The van der Waals surface area contributed by atoms with Gasteiger partial charge < -0.3 is 69.9 Å². The average Bonchev–Trinajstić information content (AvgIpc) is 2.79. The second kappa shape index (κ2) is 39.1. The number of primary amides is 1. The molecule has 0 aromatic heterocycles. The van der Waals surface area contributed by atoms with Gasteiger partial charge in [-0.3, -0.25) is 77.0 Å². The fraction of sp³-hybridized carbons (Fsp3) is 0.550. The number of unbranched alkanes of at least 4 members (excludes halogenated alkanes) is 4. The van der Waals surface area contributed by atoms with E-state index in [2.05, 4.69) is 47.5 Å². The molecule has 2 aromatic rings. The van der Waals surface area contributed by atoms with Gasteiger partial charge in [-0.2, -0.15) is 0 Å². The maximum absolute atomic E-state index is 14.2. The molecule has 0 bridgehead atoms. The van der Waals surface area contributed by atoms with Gasteiger partial charge in [-0.15, -0.1) is 11.8 Å². The van der Waals surface area contributed by atoms with Crippen molar-refractivity contribution in [2.45, 2.75) is 164 Å². The van der Waals surface area contributed by atoms with Crippen LogP contribution in [-0.4, -0.2) is 178 Å². The second-order valence-corrected chi connectivity index (χ2v) is 23.2. The summed E-state index contributed by atoms with van der Waals surface area (Å²) in [7, 11) is 1.50. The number of phenols is 1. The Morgan fingerprint density at radius 1 is 0.667 bits per heavy atom. The van der Waals surface area contributed by atoms with Crippen LogP contribution in [0.1, 0.15) is 127 Å². The zero-order chi connectivity index (χ0) is 66.1. The number of Topliss-reactive ketones (excluding diaryl/α,β-unsaturated/α-hetero) is 2. The summed E-state index contributed by atoms with van der Waals surface area (Å²) >= 11 is 0.962. The Labute approximate surface area is 525 Å². The second-order valence-electron chi connectivity index (χ2n) is 22.0. The molecular formula is C60H85N13O16S. The normalized spacial score (nSPS) is 18.9. The third-order valence-electron chi connectivity index (χ3n) is 14.8. The lowest BCUT2D eigenvalue weighted by molar-refractivity contribution is -0.141.